The Morgan fingerprint density at radius 1 is 0.979 bits per heavy atom. The van der Waals surface area contributed by atoms with Crippen LogP contribution in [0.15, 0.2) is 48.8 Å². The van der Waals surface area contributed by atoms with Crippen LogP contribution in [0.25, 0.3) is 22.3 Å². The number of fused-ring (bicyclic) bond motifs is 2. The van der Waals surface area contributed by atoms with Crippen LogP contribution in [0.4, 0.5) is 17.2 Å². The molecule has 2 aliphatic carbocycles. The molecule has 3 fully saturated rings. The number of likely N-dealkylation sites (tertiary alicyclic amines) is 1. The highest BCUT2D eigenvalue weighted by atomic mass is 16.2. The molecule has 0 bridgehead atoms. The van der Waals surface area contributed by atoms with E-state index in [1.165, 1.54) is 32.4 Å². The van der Waals surface area contributed by atoms with Gasteiger partial charge in [0.1, 0.15) is 5.52 Å². The fourth-order valence-electron chi connectivity index (χ4n) is 8.20. The molecule has 2 N–H and O–H groups in total. The van der Waals surface area contributed by atoms with Crippen LogP contribution in [-0.4, -0.2) is 63.5 Å². The van der Waals surface area contributed by atoms with Crippen LogP contribution >= 0.6 is 0 Å². The largest absolute Gasteiger partial charge is 0.355 e. The Balaban J connectivity index is 1.16. The number of carbonyl (C=O) groups is 2. The van der Waals surface area contributed by atoms with E-state index in [2.05, 4.69) is 83.0 Å². The summed E-state index contributed by atoms with van der Waals surface area (Å²) in [5.74, 6) is 1.26. The van der Waals surface area contributed by atoms with Crippen LogP contribution in [-0.2, 0) is 10.2 Å². The lowest BCUT2D eigenvalue weighted by molar-refractivity contribution is -0.123. The normalized spacial score (nSPS) is 22.2. The summed E-state index contributed by atoms with van der Waals surface area (Å²) >= 11 is 0. The number of carbonyl (C=O) groups excluding carboxylic acids is 2. The van der Waals surface area contributed by atoms with Gasteiger partial charge in [-0.25, -0.2) is 9.97 Å². The molecule has 9 heteroatoms. The minimum absolute atomic E-state index is 0.0755. The van der Waals surface area contributed by atoms with E-state index >= 15 is 0 Å². The van der Waals surface area contributed by atoms with Gasteiger partial charge in [0.2, 0.25) is 5.91 Å². The molecule has 2 aliphatic heterocycles. The number of anilines is 3. The van der Waals surface area contributed by atoms with Gasteiger partial charge in [-0.3, -0.25) is 9.59 Å². The Labute approximate surface area is 283 Å². The smallest absolute Gasteiger partial charge is 0.251 e. The predicted octanol–water partition coefficient (Wildman–Crippen LogP) is 7.30. The Kier molecular flexibility index (Phi) is 7.58. The number of hydrogen-bond donors (Lipinski definition) is 2. The van der Waals surface area contributed by atoms with E-state index in [1.54, 1.807) is 7.05 Å². The maximum Gasteiger partial charge on any atom is 0.251 e. The topological polar surface area (TPSA) is 95.4 Å². The molecule has 0 spiro atoms. The molecule has 0 radical (unpaired) electrons. The molecule has 4 heterocycles. The van der Waals surface area contributed by atoms with Crippen LogP contribution in [0.3, 0.4) is 0 Å². The molecular weight excluding hydrogens is 598 g/mol. The Morgan fingerprint density at radius 2 is 1.75 bits per heavy atom. The number of nitrogens with one attached hydrogen (secondary N) is 2. The maximum atomic E-state index is 14.0. The summed E-state index contributed by atoms with van der Waals surface area (Å²) < 4.78 is 2.13. The van der Waals surface area contributed by atoms with Crippen LogP contribution in [0.2, 0.25) is 0 Å². The average Bonchev–Trinajstić information content (AvgIpc) is 3.78. The van der Waals surface area contributed by atoms with E-state index in [9.17, 15) is 9.59 Å². The van der Waals surface area contributed by atoms with Crippen LogP contribution in [0.5, 0.6) is 0 Å². The number of pyridine rings is 1. The highest BCUT2D eigenvalue weighted by Crippen LogP contribution is 2.48. The number of nitrogens with zero attached hydrogens (tertiary/aromatic N) is 5. The summed E-state index contributed by atoms with van der Waals surface area (Å²) in [6.07, 6.45) is 10.1. The minimum atomic E-state index is -0.570. The zero-order chi connectivity index (χ0) is 33.3. The number of hydrogen-bond acceptors (Lipinski definition) is 6. The number of aromatic nitrogens is 3. The van der Waals surface area contributed by atoms with Crippen molar-refractivity contribution in [1.29, 1.82) is 0 Å². The summed E-state index contributed by atoms with van der Waals surface area (Å²) in [5, 5.41) is 6.39. The van der Waals surface area contributed by atoms with E-state index in [1.807, 2.05) is 18.5 Å². The number of piperidine rings is 1. The van der Waals surface area contributed by atoms with Gasteiger partial charge in [0, 0.05) is 47.7 Å². The van der Waals surface area contributed by atoms with Crippen LogP contribution < -0.4 is 15.5 Å². The highest BCUT2D eigenvalue weighted by Gasteiger charge is 2.50. The number of rotatable bonds is 8. The van der Waals surface area contributed by atoms with E-state index in [4.69, 9.17) is 9.97 Å². The molecule has 8 rings (SSSR count). The molecule has 9 nitrogen and oxygen atoms in total. The third-order valence-electron chi connectivity index (χ3n) is 11.3. The maximum absolute atomic E-state index is 14.0. The van der Waals surface area contributed by atoms with Gasteiger partial charge >= 0.3 is 0 Å². The first-order chi connectivity index (χ1) is 23.1. The van der Waals surface area contributed by atoms with Gasteiger partial charge in [0.25, 0.3) is 5.91 Å². The molecule has 1 saturated heterocycles. The molecule has 2 aromatic carbocycles. The van der Waals surface area contributed by atoms with Crippen molar-refractivity contribution in [2.45, 2.75) is 102 Å². The van der Waals surface area contributed by atoms with Crippen molar-refractivity contribution in [2.75, 3.05) is 30.4 Å². The predicted molar refractivity (Wildman–Crippen MR) is 191 cm³/mol. The lowest BCUT2D eigenvalue weighted by Crippen LogP contribution is -2.57. The number of benzene rings is 2. The molecule has 2 amide bonds. The summed E-state index contributed by atoms with van der Waals surface area (Å²) in [6, 6.07) is 15.5. The van der Waals surface area contributed by atoms with E-state index in [0.717, 1.165) is 70.5 Å². The molecule has 250 valence electrons. The number of imidazole rings is 1. The summed E-state index contributed by atoms with van der Waals surface area (Å²) in [4.78, 5) is 41.6. The van der Waals surface area contributed by atoms with Gasteiger partial charge in [0.15, 0.2) is 5.82 Å². The van der Waals surface area contributed by atoms with Gasteiger partial charge in [0.05, 0.1) is 23.0 Å². The third kappa shape index (κ3) is 5.18. The molecule has 48 heavy (non-hydrogen) atoms. The summed E-state index contributed by atoms with van der Waals surface area (Å²) in [7, 11) is 1.68. The van der Waals surface area contributed by atoms with E-state index < -0.39 is 5.41 Å². The Hall–Kier alpha value is -4.24. The zero-order valence-electron chi connectivity index (χ0n) is 28.8. The highest BCUT2D eigenvalue weighted by molar-refractivity contribution is 6.09. The van der Waals surface area contributed by atoms with Gasteiger partial charge in [-0.1, -0.05) is 24.6 Å². The standard InChI is InChI=1S/C39H47N7O2/c1-23(2)45-22-41-33-21-32(43-36(35(33)45)42-26-12-13-29(24-9-10-24)30(18-26)37(47)40-5)25-11-14-31-34(17-25)46(38(48)39(31,3)4)28-19-27(20-28)44-15-7-6-8-16-44/h11-14,17-18,21-24,27-28H,6-10,15-16,19-20H2,1-5H3,(H,40,47)(H,42,43)/t27-,28+. The van der Waals surface area contributed by atoms with E-state index in [-0.39, 0.29) is 23.9 Å². The fourth-order valence-corrected chi connectivity index (χ4v) is 8.20. The number of amides is 2. The van der Waals surface area contributed by atoms with Crippen molar-refractivity contribution >= 4 is 40.0 Å². The lowest BCUT2D eigenvalue weighted by Gasteiger charge is -2.48. The average molecular weight is 646 g/mol. The van der Waals surface area contributed by atoms with Gasteiger partial charge in [-0.05, 0) is 121 Å². The zero-order valence-corrected chi connectivity index (χ0v) is 28.8. The first-order valence-corrected chi connectivity index (χ1v) is 17.9. The molecule has 4 aromatic rings. The van der Waals surface area contributed by atoms with Crippen LogP contribution in [0.1, 0.15) is 106 Å². The fraction of sp³-hybridized carbons (Fsp3) is 0.487. The second-order valence-corrected chi connectivity index (χ2v) is 15.2. The Morgan fingerprint density at radius 3 is 2.46 bits per heavy atom. The second-order valence-electron chi connectivity index (χ2n) is 15.2. The first kappa shape index (κ1) is 31.1. The quantitative estimate of drug-likeness (QED) is 0.209. The second kappa shape index (κ2) is 11.7. The first-order valence-electron chi connectivity index (χ1n) is 17.9. The van der Waals surface area contributed by atoms with Crippen LogP contribution in [0, 0.1) is 0 Å². The van der Waals surface area contributed by atoms with Gasteiger partial charge in [-0.15, -0.1) is 0 Å². The van der Waals surface area contributed by atoms with Gasteiger partial charge in [-0.2, -0.15) is 0 Å². The van der Waals surface area contributed by atoms with Crippen molar-refractivity contribution in [3.63, 3.8) is 0 Å². The molecule has 4 aliphatic rings. The van der Waals surface area contributed by atoms with Crippen molar-refractivity contribution < 1.29 is 9.59 Å². The van der Waals surface area contributed by atoms with Crippen molar-refractivity contribution in [3.8, 4) is 11.3 Å². The lowest BCUT2D eigenvalue weighted by atomic mass is 9.82. The van der Waals surface area contributed by atoms with Crippen molar-refractivity contribution in [3.05, 3.63) is 65.5 Å². The molecule has 0 unspecified atom stereocenters. The third-order valence-corrected chi connectivity index (χ3v) is 11.3. The minimum Gasteiger partial charge on any atom is -0.355 e. The summed E-state index contributed by atoms with van der Waals surface area (Å²) in [5.41, 5.74) is 7.65. The molecule has 0 atom stereocenters. The molecule has 2 saturated carbocycles. The molecule has 2 aromatic heterocycles. The monoisotopic (exact) mass is 645 g/mol. The van der Waals surface area contributed by atoms with Crippen molar-refractivity contribution in [2.24, 2.45) is 0 Å². The van der Waals surface area contributed by atoms with E-state index in [0.29, 0.717) is 23.3 Å². The Bertz CT molecular complexity index is 1910. The van der Waals surface area contributed by atoms with Crippen molar-refractivity contribution in [1.82, 2.24) is 24.8 Å². The molecular formula is C39H47N7O2. The van der Waals surface area contributed by atoms with Gasteiger partial charge < -0.3 is 25.0 Å². The SMILES string of the molecule is CNC(=O)c1cc(Nc2nc(-c3ccc4c(c3)N([C@H]3C[C@@H](N5CCCCC5)C3)C(=O)C4(C)C)cc3ncn(C(C)C)c23)ccc1C1CC1. The summed E-state index contributed by atoms with van der Waals surface area (Å²) in [6.45, 7) is 10.8.